The molecule has 5 nitrogen and oxygen atoms in total. The van der Waals surface area contributed by atoms with Gasteiger partial charge in [0.25, 0.3) is 0 Å². The maximum atomic E-state index is 12.5. The summed E-state index contributed by atoms with van der Waals surface area (Å²) in [5.74, 6) is -2.56. The zero-order valence-electron chi connectivity index (χ0n) is 10.8. The van der Waals surface area contributed by atoms with Crippen LogP contribution in [0.2, 0.25) is 0 Å². The van der Waals surface area contributed by atoms with E-state index in [4.69, 9.17) is 5.11 Å². The summed E-state index contributed by atoms with van der Waals surface area (Å²) < 4.78 is 49.6. The lowest BCUT2D eigenvalue weighted by molar-refractivity contribution is -0.140. The van der Waals surface area contributed by atoms with E-state index in [0.717, 1.165) is 19.1 Å². The summed E-state index contributed by atoms with van der Waals surface area (Å²) >= 11 is 0. The first-order chi connectivity index (χ1) is 9.61. The molecule has 1 amide bonds. The molecule has 2 N–H and O–H groups in total. The molecule has 116 valence electrons. The van der Waals surface area contributed by atoms with Crippen LogP contribution < -0.4 is 5.32 Å². The van der Waals surface area contributed by atoms with Crippen molar-refractivity contribution < 1.29 is 32.1 Å². The number of hydrogen-bond donors (Lipinski definition) is 2. The molecule has 0 aliphatic rings. The van der Waals surface area contributed by atoms with E-state index in [1.54, 1.807) is 0 Å². The highest BCUT2D eigenvalue weighted by molar-refractivity contribution is 7.85. The molecular weight excluding hydrogens is 311 g/mol. The number of carbonyl (C=O) groups excluding carboxylic acids is 1. The minimum absolute atomic E-state index is 0.151. The summed E-state index contributed by atoms with van der Waals surface area (Å²) in [6.45, 7) is 1.09. The van der Waals surface area contributed by atoms with Crippen molar-refractivity contribution in [1.82, 2.24) is 5.32 Å². The third kappa shape index (κ3) is 5.18. The fraction of sp³-hybridized carbons (Fsp3) is 0.333. The van der Waals surface area contributed by atoms with Crippen molar-refractivity contribution in [3.8, 4) is 0 Å². The Balaban J connectivity index is 2.93. The standard InChI is InChI=1S/C12H12F3NO4S/c1-7(17)16-10(11(18)19)6-21(20)9-4-2-3-8(5-9)12(13,14)15/h2-5,10H,6H2,1H3,(H,16,17)(H,18,19). The van der Waals surface area contributed by atoms with E-state index in [9.17, 15) is 27.0 Å². The lowest BCUT2D eigenvalue weighted by Gasteiger charge is -2.13. The van der Waals surface area contributed by atoms with E-state index in [1.165, 1.54) is 6.07 Å². The normalized spacial score (nSPS) is 14.3. The molecular formula is C12H12F3NO4S. The fourth-order valence-corrected chi connectivity index (χ4v) is 2.69. The van der Waals surface area contributed by atoms with Gasteiger partial charge in [0.15, 0.2) is 0 Å². The first-order valence-corrected chi connectivity index (χ1v) is 6.98. The Labute approximate surface area is 120 Å². The monoisotopic (exact) mass is 323 g/mol. The number of benzene rings is 1. The van der Waals surface area contributed by atoms with E-state index >= 15 is 0 Å². The van der Waals surface area contributed by atoms with Gasteiger partial charge in [-0.25, -0.2) is 4.79 Å². The van der Waals surface area contributed by atoms with Gasteiger partial charge in [-0.05, 0) is 18.2 Å². The Hall–Kier alpha value is -1.90. The molecule has 0 radical (unpaired) electrons. The number of carboxylic acids is 1. The first-order valence-electron chi connectivity index (χ1n) is 5.67. The minimum Gasteiger partial charge on any atom is -0.480 e. The van der Waals surface area contributed by atoms with Gasteiger partial charge in [0.2, 0.25) is 5.91 Å². The van der Waals surface area contributed by atoms with Crippen molar-refractivity contribution >= 4 is 22.7 Å². The van der Waals surface area contributed by atoms with Crippen LogP contribution in [0, 0.1) is 0 Å². The Morgan fingerprint density at radius 3 is 2.48 bits per heavy atom. The molecule has 2 unspecified atom stereocenters. The third-order valence-electron chi connectivity index (χ3n) is 2.42. The van der Waals surface area contributed by atoms with E-state index in [0.29, 0.717) is 6.07 Å². The van der Waals surface area contributed by atoms with Crippen LogP contribution in [0.25, 0.3) is 0 Å². The van der Waals surface area contributed by atoms with E-state index < -0.39 is 46.2 Å². The van der Waals surface area contributed by atoms with Crippen LogP contribution in [-0.4, -0.2) is 33.0 Å². The molecule has 0 aromatic heterocycles. The largest absolute Gasteiger partial charge is 0.480 e. The van der Waals surface area contributed by atoms with E-state index in [-0.39, 0.29) is 4.90 Å². The average molecular weight is 323 g/mol. The van der Waals surface area contributed by atoms with Crippen molar-refractivity contribution in [3.63, 3.8) is 0 Å². The second kappa shape index (κ2) is 6.70. The summed E-state index contributed by atoms with van der Waals surface area (Å²) in [5, 5.41) is 10.9. The van der Waals surface area contributed by atoms with Gasteiger partial charge in [-0.15, -0.1) is 0 Å². The summed E-state index contributed by atoms with van der Waals surface area (Å²) in [6.07, 6.45) is -4.58. The van der Waals surface area contributed by atoms with Crippen LogP contribution in [0.15, 0.2) is 29.2 Å². The lowest BCUT2D eigenvalue weighted by atomic mass is 10.2. The number of nitrogens with one attached hydrogen (secondary N) is 1. The number of halogens is 3. The number of carbonyl (C=O) groups is 2. The van der Waals surface area contributed by atoms with Gasteiger partial charge in [0, 0.05) is 11.8 Å². The molecule has 0 fully saturated rings. The molecule has 1 aromatic rings. The molecule has 21 heavy (non-hydrogen) atoms. The molecule has 0 bridgehead atoms. The maximum absolute atomic E-state index is 12.5. The highest BCUT2D eigenvalue weighted by atomic mass is 32.2. The predicted molar refractivity (Wildman–Crippen MR) is 68.0 cm³/mol. The van der Waals surface area contributed by atoms with Gasteiger partial charge in [0.05, 0.1) is 22.1 Å². The molecule has 9 heteroatoms. The highest BCUT2D eigenvalue weighted by Crippen LogP contribution is 2.30. The molecule has 0 saturated carbocycles. The molecule has 2 atom stereocenters. The predicted octanol–water partition coefficient (Wildman–Crippen LogP) is 1.40. The smallest absolute Gasteiger partial charge is 0.416 e. The van der Waals surface area contributed by atoms with Crippen LogP contribution in [0.5, 0.6) is 0 Å². The van der Waals surface area contributed by atoms with E-state index in [2.05, 4.69) is 5.32 Å². The van der Waals surface area contributed by atoms with Gasteiger partial charge in [-0.1, -0.05) is 6.07 Å². The van der Waals surface area contributed by atoms with Crippen molar-refractivity contribution in [2.24, 2.45) is 0 Å². The summed E-state index contributed by atoms with van der Waals surface area (Å²) in [4.78, 5) is 21.6. The number of aliphatic carboxylic acids is 1. The van der Waals surface area contributed by atoms with Crippen LogP contribution in [0.4, 0.5) is 13.2 Å². The molecule has 0 aliphatic carbocycles. The van der Waals surface area contributed by atoms with Crippen molar-refractivity contribution in [1.29, 1.82) is 0 Å². The maximum Gasteiger partial charge on any atom is 0.416 e. The second-order valence-electron chi connectivity index (χ2n) is 4.13. The summed E-state index contributed by atoms with van der Waals surface area (Å²) in [7, 11) is -1.99. The van der Waals surface area contributed by atoms with Gasteiger partial charge in [-0.2, -0.15) is 13.2 Å². The van der Waals surface area contributed by atoms with Crippen LogP contribution >= 0.6 is 0 Å². The first kappa shape index (κ1) is 17.2. The van der Waals surface area contributed by atoms with E-state index in [1.807, 2.05) is 0 Å². The number of hydrogen-bond acceptors (Lipinski definition) is 3. The molecule has 1 aromatic carbocycles. The highest BCUT2D eigenvalue weighted by Gasteiger charge is 2.31. The number of carboxylic acid groups (broad SMARTS) is 1. The zero-order valence-corrected chi connectivity index (χ0v) is 11.6. The Bertz CT molecular complexity index is 574. The van der Waals surface area contributed by atoms with Crippen LogP contribution in [0.1, 0.15) is 12.5 Å². The zero-order chi connectivity index (χ0) is 16.2. The summed E-state index contributed by atoms with van der Waals surface area (Å²) in [5.41, 5.74) is -0.972. The number of alkyl halides is 3. The van der Waals surface area contributed by atoms with Crippen LogP contribution in [0.3, 0.4) is 0 Å². The van der Waals surface area contributed by atoms with Gasteiger partial charge in [-0.3, -0.25) is 9.00 Å². The van der Waals surface area contributed by atoms with Crippen molar-refractivity contribution in [2.75, 3.05) is 5.75 Å². The fourth-order valence-electron chi connectivity index (χ4n) is 1.48. The Morgan fingerprint density at radius 2 is 2.00 bits per heavy atom. The Kier molecular flexibility index (Phi) is 5.47. The third-order valence-corrected chi connectivity index (χ3v) is 3.83. The second-order valence-corrected chi connectivity index (χ2v) is 5.62. The minimum atomic E-state index is -4.58. The Morgan fingerprint density at radius 1 is 1.38 bits per heavy atom. The van der Waals surface area contributed by atoms with Crippen LogP contribution in [-0.2, 0) is 26.6 Å². The molecule has 0 saturated heterocycles. The SMILES string of the molecule is CC(=O)NC(CS(=O)c1cccc(C(F)(F)F)c1)C(=O)O. The quantitative estimate of drug-likeness (QED) is 0.858. The molecule has 0 heterocycles. The van der Waals surface area contributed by atoms with Gasteiger partial charge in [0.1, 0.15) is 6.04 Å². The molecule has 1 rings (SSSR count). The molecule has 0 spiro atoms. The van der Waals surface area contributed by atoms with Gasteiger partial charge >= 0.3 is 12.1 Å². The topological polar surface area (TPSA) is 83.5 Å². The summed E-state index contributed by atoms with van der Waals surface area (Å²) in [6, 6.07) is 2.38. The molecule has 0 aliphatic heterocycles. The van der Waals surface area contributed by atoms with Gasteiger partial charge < -0.3 is 10.4 Å². The van der Waals surface area contributed by atoms with Crippen molar-refractivity contribution in [2.45, 2.75) is 24.0 Å². The van der Waals surface area contributed by atoms with Crippen molar-refractivity contribution in [3.05, 3.63) is 29.8 Å². The average Bonchev–Trinajstić information content (AvgIpc) is 2.36. The number of rotatable bonds is 5. The lowest BCUT2D eigenvalue weighted by Crippen LogP contribution is -2.43. The number of amides is 1.